The summed E-state index contributed by atoms with van der Waals surface area (Å²) in [6.07, 6.45) is -0.00691. The predicted molar refractivity (Wildman–Crippen MR) is 194 cm³/mol. The van der Waals surface area contributed by atoms with Gasteiger partial charge in [-0.2, -0.15) is 0 Å². The fourth-order valence-electron chi connectivity index (χ4n) is 5.05. The molecule has 51 heavy (non-hydrogen) atoms. The second-order valence-electron chi connectivity index (χ2n) is 11.8. The van der Waals surface area contributed by atoms with Gasteiger partial charge >= 0.3 is 5.97 Å². The lowest BCUT2D eigenvalue weighted by Crippen LogP contribution is -2.16. The number of aryl methyl sites for hydroxylation is 5. The van der Waals surface area contributed by atoms with Crippen molar-refractivity contribution in [3.05, 3.63) is 52.1 Å². The monoisotopic (exact) mass is 721 g/mol. The van der Waals surface area contributed by atoms with Gasteiger partial charge in [0.25, 0.3) is 0 Å². The Morgan fingerprint density at radius 2 is 0.961 bits per heavy atom. The molecule has 0 radical (unpaired) electrons. The average Bonchev–Trinajstić information content (AvgIpc) is 3.08. The average molecular weight is 722 g/mol. The standard InChI is InChI=1S/C38H59NO12/c1-29-24-32(4)38(33(5)25-29)34-26-31(3)35(27-30(34)2)51-36(28-40)39-7-9-44-11-13-46-15-17-48-19-21-50-23-22-49-20-18-47-16-14-45-12-10-43-8-6-37(41)42/h24-27,40H,6-23,28H2,1-5H3,(H,41,42). The molecule has 0 aromatic heterocycles. The van der Waals surface area contributed by atoms with Crippen LogP contribution in [0.4, 0.5) is 0 Å². The normalized spacial score (nSPS) is 11.8. The van der Waals surface area contributed by atoms with Crippen LogP contribution in [-0.4, -0.2) is 141 Å². The minimum atomic E-state index is -0.877. The molecule has 288 valence electrons. The summed E-state index contributed by atoms with van der Waals surface area (Å²) in [6.45, 7) is 17.4. The molecule has 0 unspecified atom stereocenters. The van der Waals surface area contributed by atoms with E-state index in [-0.39, 0.29) is 25.5 Å². The van der Waals surface area contributed by atoms with Crippen molar-refractivity contribution in [2.45, 2.75) is 41.0 Å². The van der Waals surface area contributed by atoms with Crippen LogP contribution in [0.25, 0.3) is 11.1 Å². The maximum Gasteiger partial charge on any atom is 0.305 e. The number of benzene rings is 2. The molecule has 0 saturated heterocycles. The van der Waals surface area contributed by atoms with Crippen molar-refractivity contribution in [2.75, 3.05) is 119 Å². The molecule has 13 heteroatoms. The number of ether oxygens (including phenoxy) is 9. The Balaban J connectivity index is 1.41. The topological polar surface area (TPSA) is 153 Å². The molecule has 2 rings (SSSR count). The van der Waals surface area contributed by atoms with Crippen LogP contribution >= 0.6 is 0 Å². The lowest BCUT2D eigenvalue weighted by Gasteiger charge is -2.17. The number of rotatable bonds is 30. The molecule has 0 spiro atoms. The number of hydrogen-bond donors (Lipinski definition) is 2. The molecule has 2 aromatic rings. The third kappa shape index (κ3) is 20.0. The van der Waals surface area contributed by atoms with Gasteiger partial charge in [-0.1, -0.05) is 17.7 Å². The number of carboxylic acids is 1. The molecule has 2 aromatic carbocycles. The first-order chi connectivity index (χ1) is 24.7. The zero-order chi connectivity index (χ0) is 37.1. The van der Waals surface area contributed by atoms with Gasteiger partial charge in [-0.05, 0) is 80.1 Å². The van der Waals surface area contributed by atoms with Crippen LogP contribution in [0.3, 0.4) is 0 Å². The second kappa shape index (κ2) is 27.6. The van der Waals surface area contributed by atoms with Gasteiger partial charge in [0.2, 0.25) is 5.90 Å². The summed E-state index contributed by atoms with van der Waals surface area (Å²) in [5, 5.41) is 18.3. The van der Waals surface area contributed by atoms with Crippen molar-refractivity contribution in [1.29, 1.82) is 0 Å². The maximum absolute atomic E-state index is 10.4. The maximum atomic E-state index is 10.4. The van der Waals surface area contributed by atoms with Crippen molar-refractivity contribution < 1.29 is 57.6 Å². The van der Waals surface area contributed by atoms with Crippen LogP contribution in [0.1, 0.15) is 34.2 Å². The highest BCUT2D eigenvalue weighted by atomic mass is 16.6. The van der Waals surface area contributed by atoms with Gasteiger partial charge in [-0.3, -0.25) is 9.79 Å². The summed E-state index contributed by atoms with van der Waals surface area (Å²) in [5.74, 6) is 0.0530. The van der Waals surface area contributed by atoms with E-state index in [1.807, 2.05) is 13.0 Å². The Kier molecular flexibility index (Phi) is 23.9. The van der Waals surface area contributed by atoms with Gasteiger partial charge < -0.3 is 52.8 Å². The number of aliphatic carboxylic acids is 1. The Morgan fingerprint density at radius 1 is 0.549 bits per heavy atom. The highest BCUT2D eigenvalue weighted by Gasteiger charge is 2.14. The Hall–Kier alpha value is -2.98. The molecule has 0 amide bonds. The van der Waals surface area contributed by atoms with Crippen LogP contribution in [0.15, 0.2) is 29.3 Å². The van der Waals surface area contributed by atoms with E-state index in [2.05, 4.69) is 50.9 Å². The molecule has 0 fully saturated rings. The second-order valence-corrected chi connectivity index (χ2v) is 11.8. The molecule has 0 atom stereocenters. The fraction of sp³-hybridized carbons (Fsp3) is 0.632. The summed E-state index contributed by atoms with van der Waals surface area (Å²) in [6, 6.07) is 8.56. The summed E-state index contributed by atoms with van der Waals surface area (Å²) >= 11 is 0. The van der Waals surface area contributed by atoms with Gasteiger partial charge in [0.15, 0.2) is 0 Å². The zero-order valence-corrected chi connectivity index (χ0v) is 31.2. The molecule has 13 nitrogen and oxygen atoms in total. The Labute approximate surface area is 303 Å². The first kappa shape index (κ1) is 44.2. The summed E-state index contributed by atoms with van der Waals surface area (Å²) in [4.78, 5) is 14.7. The quantitative estimate of drug-likeness (QED) is 0.0673. The van der Waals surface area contributed by atoms with Crippen molar-refractivity contribution >= 4 is 11.9 Å². The smallest absolute Gasteiger partial charge is 0.305 e. The van der Waals surface area contributed by atoms with Gasteiger partial charge in [-0.15, -0.1) is 0 Å². The molecular formula is C38H59NO12. The van der Waals surface area contributed by atoms with E-state index >= 15 is 0 Å². The zero-order valence-electron chi connectivity index (χ0n) is 31.2. The largest absolute Gasteiger partial charge is 0.481 e. The number of aliphatic imine (C=N–C) groups is 1. The Bertz CT molecular complexity index is 1260. The lowest BCUT2D eigenvalue weighted by atomic mass is 9.90. The van der Waals surface area contributed by atoms with Crippen LogP contribution in [-0.2, 0) is 42.7 Å². The third-order valence-electron chi connectivity index (χ3n) is 7.42. The van der Waals surface area contributed by atoms with E-state index in [1.165, 1.54) is 27.8 Å². The van der Waals surface area contributed by atoms with Crippen LogP contribution < -0.4 is 4.74 Å². The first-order valence-corrected chi connectivity index (χ1v) is 17.6. The van der Waals surface area contributed by atoms with Crippen LogP contribution in [0.2, 0.25) is 0 Å². The van der Waals surface area contributed by atoms with E-state index in [0.717, 1.165) is 11.1 Å². The number of aliphatic hydroxyl groups excluding tert-OH is 1. The fourth-order valence-corrected chi connectivity index (χ4v) is 5.05. The minimum Gasteiger partial charge on any atom is -0.481 e. The summed E-state index contributed by atoms with van der Waals surface area (Å²) < 4.78 is 49.4. The van der Waals surface area contributed by atoms with Gasteiger partial charge in [0, 0.05) is 0 Å². The molecule has 0 saturated carbocycles. The molecule has 0 aliphatic rings. The van der Waals surface area contributed by atoms with E-state index in [0.29, 0.717) is 111 Å². The lowest BCUT2D eigenvalue weighted by molar-refractivity contribution is -0.138. The van der Waals surface area contributed by atoms with Crippen LogP contribution in [0.5, 0.6) is 5.75 Å². The minimum absolute atomic E-state index is 0.00691. The summed E-state index contributed by atoms with van der Waals surface area (Å²) in [5.41, 5.74) is 8.25. The van der Waals surface area contributed by atoms with Gasteiger partial charge in [-0.25, -0.2) is 0 Å². The summed E-state index contributed by atoms with van der Waals surface area (Å²) in [7, 11) is 0. The molecule has 2 N–H and O–H groups in total. The highest BCUT2D eigenvalue weighted by Crippen LogP contribution is 2.34. The highest BCUT2D eigenvalue weighted by molar-refractivity contribution is 5.81. The first-order valence-electron chi connectivity index (χ1n) is 17.6. The van der Waals surface area contributed by atoms with E-state index in [4.69, 9.17) is 47.7 Å². The van der Waals surface area contributed by atoms with Crippen LogP contribution in [0, 0.1) is 34.6 Å². The molecular weight excluding hydrogens is 662 g/mol. The molecule has 0 aliphatic carbocycles. The van der Waals surface area contributed by atoms with Gasteiger partial charge in [0.1, 0.15) is 12.4 Å². The SMILES string of the molecule is Cc1cc(C)c(-c2cc(C)c(OC(CO)=NCCOCCOCCOCCOCCOCCOCCOCCOCCC(=O)O)cc2C)c(C)c1. The van der Waals surface area contributed by atoms with Crippen molar-refractivity contribution in [3.8, 4) is 16.9 Å². The number of carbonyl (C=O) groups is 1. The van der Waals surface area contributed by atoms with Gasteiger partial charge in [0.05, 0.1) is 119 Å². The van der Waals surface area contributed by atoms with Crippen molar-refractivity contribution in [2.24, 2.45) is 4.99 Å². The van der Waals surface area contributed by atoms with Crippen molar-refractivity contribution in [1.82, 2.24) is 0 Å². The molecule has 0 bridgehead atoms. The van der Waals surface area contributed by atoms with E-state index in [9.17, 15) is 9.90 Å². The third-order valence-corrected chi connectivity index (χ3v) is 7.42. The predicted octanol–water partition coefficient (Wildman–Crippen LogP) is 4.27. The van der Waals surface area contributed by atoms with Crippen molar-refractivity contribution in [3.63, 3.8) is 0 Å². The van der Waals surface area contributed by atoms with E-state index in [1.54, 1.807) is 0 Å². The molecule has 0 aliphatic heterocycles. The Morgan fingerprint density at radius 3 is 1.37 bits per heavy atom. The number of aliphatic hydroxyl groups is 1. The molecule has 0 heterocycles. The number of hydrogen-bond acceptors (Lipinski definition) is 12. The van der Waals surface area contributed by atoms with E-state index < -0.39 is 5.97 Å². The number of nitrogens with zero attached hydrogens (tertiary/aromatic N) is 1. The number of carboxylic acid groups (broad SMARTS) is 1.